The molecule has 2 atom stereocenters. The lowest BCUT2D eigenvalue weighted by Crippen LogP contribution is -2.43. The first-order chi connectivity index (χ1) is 10.9. The summed E-state index contributed by atoms with van der Waals surface area (Å²) in [5.41, 5.74) is 0.691. The first-order valence-electron chi connectivity index (χ1n) is 7.93. The van der Waals surface area contributed by atoms with Crippen molar-refractivity contribution in [2.45, 2.75) is 27.2 Å². The summed E-state index contributed by atoms with van der Waals surface area (Å²) in [5.74, 6) is 1.35. The summed E-state index contributed by atoms with van der Waals surface area (Å²) in [6, 6.07) is 5.98. The van der Waals surface area contributed by atoms with Gasteiger partial charge in [-0.3, -0.25) is 4.79 Å². The fourth-order valence-corrected chi connectivity index (χ4v) is 3.28. The lowest BCUT2D eigenvalue weighted by Gasteiger charge is -2.34. The lowest BCUT2D eigenvalue weighted by atomic mass is 9.92. The van der Waals surface area contributed by atoms with Gasteiger partial charge in [-0.15, -0.1) is 5.10 Å². The van der Waals surface area contributed by atoms with E-state index < -0.39 is 0 Å². The Hall–Kier alpha value is -2.24. The number of carbonyl (C=O) groups is 1. The third-order valence-corrected chi connectivity index (χ3v) is 4.19. The van der Waals surface area contributed by atoms with E-state index >= 15 is 0 Å². The predicted octanol–water partition coefficient (Wildman–Crippen LogP) is 2.83. The maximum Gasteiger partial charge on any atom is 0.293 e. The maximum atomic E-state index is 13.0. The molecule has 1 saturated heterocycles. The number of rotatable bonds is 2. The second-order valence-corrected chi connectivity index (χ2v) is 6.53. The van der Waals surface area contributed by atoms with Gasteiger partial charge >= 0.3 is 0 Å². The normalized spacial score (nSPS) is 21.5. The van der Waals surface area contributed by atoms with Gasteiger partial charge in [0.1, 0.15) is 11.6 Å². The zero-order valence-electron chi connectivity index (χ0n) is 13.7. The number of aromatic nitrogens is 3. The van der Waals surface area contributed by atoms with Crippen molar-refractivity contribution in [1.82, 2.24) is 19.7 Å². The van der Waals surface area contributed by atoms with Crippen LogP contribution in [0.1, 0.15) is 36.7 Å². The van der Waals surface area contributed by atoms with Crippen molar-refractivity contribution in [3.8, 4) is 5.69 Å². The van der Waals surface area contributed by atoms with Crippen LogP contribution in [0.3, 0.4) is 0 Å². The third kappa shape index (κ3) is 3.25. The molecule has 5 nitrogen and oxygen atoms in total. The number of hydrogen-bond acceptors (Lipinski definition) is 3. The molecule has 0 aliphatic carbocycles. The Balaban J connectivity index is 1.85. The Labute approximate surface area is 135 Å². The molecule has 1 fully saturated rings. The molecule has 122 valence electrons. The van der Waals surface area contributed by atoms with Gasteiger partial charge in [0.05, 0.1) is 5.69 Å². The average molecular weight is 316 g/mol. The molecule has 0 N–H and O–H groups in total. The monoisotopic (exact) mass is 316 g/mol. The van der Waals surface area contributed by atoms with E-state index in [0.29, 0.717) is 23.3 Å². The van der Waals surface area contributed by atoms with Crippen LogP contribution in [-0.4, -0.2) is 38.7 Å². The minimum atomic E-state index is -0.306. The first-order valence-corrected chi connectivity index (χ1v) is 7.93. The highest BCUT2D eigenvalue weighted by atomic mass is 19.1. The predicted molar refractivity (Wildman–Crippen MR) is 84.9 cm³/mol. The molecule has 1 aromatic carbocycles. The first kappa shape index (κ1) is 15.6. The Morgan fingerprint density at radius 1 is 1.17 bits per heavy atom. The molecule has 1 aromatic heterocycles. The molecule has 1 aliphatic heterocycles. The molecular formula is C17H21FN4O. The van der Waals surface area contributed by atoms with Crippen molar-refractivity contribution in [1.29, 1.82) is 0 Å². The van der Waals surface area contributed by atoms with E-state index in [1.807, 2.05) is 4.90 Å². The molecule has 23 heavy (non-hydrogen) atoms. The van der Waals surface area contributed by atoms with Crippen LogP contribution in [0.4, 0.5) is 4.39 Å². The van der Waals surface area contributed by atoms with Crippen molar-refractivity contribution < 1.29 is 9.18 Å². The van der Waals surface area contributed by atoms with Crippen LogP contribution in [0.2, 0.25) is 0 Å². The number of nitrogens with zero attached hydrogens (tertiary/aromatic N) is 4. The standard InChI is InChI=1S/C17H21FN4O/c1-11-8-12(2)10-21(9-11)17(23)16-19-13(3)22(20-16)15-6-4-14(18)5-7-15/h4-7,11-12H,8-10H2,1-3H3. The highest BCUT2D eigenvalue weighted by molar-refractivity contribution is 5.90. The number of benzene rings is 1. The molecule has 1 amide bonds. The summed E-state index contributed by atoms with van der Waals surface area (Å²) in [4.78, 5) is 18.8. The summed E-state index contributed by atoms with van der Waals surface area (Å²) in [6.07, 6.45) is 1.14. The highest BCUT2D eigenvalue weighted by Gasteiger charge is 2.28. The van der Waals surface area contributed by atoms with Gasteiger partial charge in [-0.25, -0.2) is 14.1 Å². The number of amides is 1. The summed E-state index contributed by atoms with van der Waals surface area (Å²) >= 11 is 0. The van der Waals surface area contributed by atoms with Gasteiger partial charge in [0.15, 0.2) is 0 Å². The Bertz CT molecular complexity index is 700. The van der Waals surface area contributed by atoms with E-state index in [1.165, 1.54) is 12.1 Å². The smallest absolute Gasteiger partial charge is 0.293 e. The SMILES string of the molecule is Cc1nc(C(=O)N2CC(C)CC(C)C2)nn1-c1ccc(F)cc1. The highest BCUT2D eigenvalue weighted by Crippen LogP contribution is 2.22. The second kappa shape index (κ2) is 6.10. The van der Waals surface area contributed by atoms with Crippen molar-refractivity contribution in [2.75, 3.05) is 13.1 Å². The van der Waals surface area contributed by atoms with Crippen LogP contribution >= 0.6 is 0 Å². The topological polar surface area (TPSA) is 51.0 Å². The molecule has 0 radical (unpaired) electrons. The summed E-state index contributed by atoms with van der Waals surface area (Å²) in [5, 5.41) is 4.33. The van der Waals surface area contributed by atoms with Gasteiger partial charge in [0.25, 0.3) is 5.91 Å². The van der Waals surface area contributed by atoms with Gasteiger partial charge in [0, 0.05) is 13.1 Å². The molecule has 0 saturated carbocycles. The molecule has 0 spiro atoms. The van der Waals surface area contributed by atoms with Crippen molar-refractivity contribution in [3.05, 3.63) is 41.7 Å². The summed E-state index contributed by atoms with van der Waals surface area (Å²) in [6.45, 7) is 7.59. The largest absolute Gasteiger partial charge is 0.335 e. The van der Waals surface area contributed by atoms with Crippen LogP contribution in [0.15, 0.2) is 24.3 Å². The maximum absolute atomic E-state index is 13.0. The van der Waals surface area contributed by atoms with Crippen LogP contribution in [0.25, 0.3) is 5.69 Å². The molecule has 2 heterocycles. The quantitative estimate of drug-likeness (QED) is 0.856. The average Bonchev–Trinajstić information content (AvgIpc) is 2.88. The summed E-state index contributed by atoms with van der Waals surface area (Å²) < 4.78 is 14.6. The van der Waals surface area contributed by atoms with Crippen LogP contribution in [0.5, 0.6) is 0 Å². The molecular weight excluding hydrogens is 295 g/mol. The third-order valence-electron chi connectivity index (χ3n) is 4.19. The molecule has 0 bridgehead atoms. The van der Waals surface area contributed by atoms with Gasteiger partial charge in [-0.2, -0.15) is 0 Å². The molecule has 6 heteroatoms. The number of halogens is 1. The van der Waals surface area contributed by atoms with E-state index in [-0.39, 0.29) is 17.5 Å². The number of likely N-dealkylation sites (tertiary alicyclic amines) is 1. The Morgan fingerprint density at radius 2 is 1.78 bits per heavy atom. The van der Waals surface area contributed by atoms with Crippen molar-refractivity contribution in [3.63, 3.8) is 0 Å². The number of hydrogen-bond donors (Lipinski definition) is 0. The van der Waals surface area contributed by atoms with E-state index in [1.54, 1.807) is 23.7 Å². The Morgan fingerprint density at radius 3 is 2.39 bits per heavy atom. The van der Waals surface area contributed by atoms with Crippen molar-refractivity contribution in [2.24, 2.45) is 11.8 Å². The van der Waals surface area contributed by atoms with Crippen LogP contribution < -0.4 is 0 Å². The second-order valence-electron chi connectivity index (χ2n) is 6.53. The van der Waals surface area contributed by atoms with Gasteiger partial charge < -0.3 is 4.90 Å². The summed E-state index contributed by atoms with van der Waals surface area (Å²) in [7, 11) is 0. The number of aryl methyl sites for hydroxylation is 1. The number of carbonyl (C=O) groups excluding carboxylic acids is 1. The fraction of sp³-hybridized carbons (Fsp3) is 0.471. The minimum absolute atomic E-state index is 0.132. The lowest BCUT2D eigenvalue weighted by molar-refractivity contribution is 0.0611. The zero-order chi connectivity index (χ0) is 16.6. The van der Waals surface area contributed by atoms with Crippen molar-refractivity contribution >= 4 is 5.91 Å². The van der Waals surface area contributed by atoms with Gasteiger partial charge in [-0.05, 0) is 49.4 Å². The van der Waals surface area contributed by atoms with Crippen LogP contribution in [0, 0.1) is 24.6 Å². The van der Waals surface area contributed by atoms with E-state index in [2.05, 4.69) is 23.9 Å². The fourth-order valence-electron chi connectivity index (χ4n) is 3.28. The molecule has 2 aromatic rings. The minimum Gasteiger partial charge on any atom is -0.335 e. The van der Waals surface area contributed by atoms with E-state index in [9.17, 15) is 9.18 Å². The molecule has 3 rings (SSSR count). The van der Waals surface area contributed by atoms with E-state index in [4.69, 9.17) is 0 Å². The number of piperidine rings is 1. The van der Waals surface area contributed by atoms with Gasteiger partial charge in [-0.1, -0.05) is 13.8 Å². The van der Waals surface area contributed by atoms with Crippen LogP contribution in [-0.2, 0) is 0 Å². The van der Waals surface area contributed by atoms with E-state index in [0.717, 1.165) is 19.5 Å². The molecule has 1 aliphatic rings. The van der Waals surface area contributed by atoms with Gasteiger partial charge in [0.2, 0.25) is 5.82 Å². The Kier molecular flexibility index (Phi) is 4.15. The zero-order valence-corrected chi connectivity index (χ0v) is 13.7. The molecule has 2 unspecified atom stereocenters.